The lowest BCUT2D eigenvalue weighted by molar-refractivity contribution is -0.274. The van der Waals surface area contributed by atoms with Gasteiger partial charge in [0.25, 0.3) is 0 Å². The van der Waals surface area contributed by atoms with Gasteiger partial charge in [-0.1, -0.05) is 31.0 Å². The summed E-state index contributed by atoms with van der Waals surface area (Å²) >= 11 is 1.23. The van der Waals surface area contributed by atoms with Gasteiger partial charge < -0.3 is 10.1 Å². The van der Waals surface area contributed by atoms with Gasteiger partial charge in [-0.25, -0.2) is 4.68 Å². The number of ether oxygens (including phenoxy) is 1. The van der Waals surface area contributed by atoms with Crippen molar-refractivity contribution in [3.63, 3.8) is 0 Å². The SMILES string of the molecule is O=C(CSc1nnnn1C1CCCCC1)Nc1ccc(OC(F)(F)F)cc1. The standard InChI is InChI=1S/C16H18F3N5O2S/c17-16(18,19)26-13-8-6-11(7-9-13)20-14(25)10-27-15-21-22-23-24(15)12-4-2-1-3-5-12/h6-9,12H,1-5,10H2,(H,20,25). The average molecular weight is 401 g/mol. The molecule has 0 bridgehead atoms. The van der Waals surface area contributed by atoms with Crippen molar-refractivity contribution in [3.05, 3.63) is 24.3 Å². The molecule has 2 aromatic rings. The molecule has 1 aromatic heterocycles. The van der Waals surface area contributed by atoms with Crippen molar-refractivity contribution in [2.24, 2.45) is 0 Å². The molecule has 0 atom stereocenters. The first-order valence-corrected chi connectivity index (χ1v) is 9.45. The highest BCUT2D eigenvalue weighted by molar-refractivity contribution is 7.99. The van der Waals surface area contributed by atoms with Crippen molar-refractivity contribution in [1.82, 2.24) is 20.2 Å². The normalized spacial score (nSPS) is 15.5. The van der Waals surface area contributed by atoms with Crippen LogP contribution in [-0.4, -0.2) is 38.2 Å². The first-order chi connectivity index (χ1) is 12.9. The molecule has 3 rings (SSSR count). The molecule has 1 heterocycles. The Bertz CT molecular complexity index is 760. The summed E-state index contributed by atoms with van der Waals surface area (Å²) < 4.78 is 42.0. The molecule has 1 aromatic carbocycles. The summed E-state index contributed by atoms with van der Waals surface area (Å²) in [6.45, 7) is 0. The third-order valence-electron chi connectivity index (χ3n) is 4.09. The van der Waals surface area contributed by atoms with Gasteiger partial charge in [-0.05, 0) is 47.5 Å². The molecule has 0 spiro atoms. The number of rotatable bonds is 6. The van der Waals surface area contributed by atoms with E-state index in [9.17, 15) is 18.0 Å². The van der Waals surface area contributed by atoms with Gasteiger partial charge in [0, 0.05) is 5.69 Å². The van der Waals surface area contributed by atoms with Gasteiger partial charge in [-0.15, -0.1) is 18.3 Å². The van der Waals surface area contributed by atoms with Crippen LogP contribution in [-0.2, 0) is 4.79 Å². The van der Waals surface area contributed by atoms with Crippen LogP contribution >= 0.6 is 11.8 Å². The van der Waals surface area contributed by atoms with E-state index < -0.39 is 6.36 Å². The van der Waals surface area contributed by atoms with E-state index in [0.29, 0.717) is 10.8 Å². The zero-order valence-corrected chi connectivity index (χ0v) is 15.1. The molecule has 0 radical (unpaired) electrons. The smallest absolute Gasteiger partial charge is 0.406 e. The van der Waals surface area contributed by atoms with Crippen molar-refractivity contribution in [1.29, 1.82) is 0 Å². The topological polar surface area (TPSA) is 81.9 Å². The van der Waals surface area contributed by atoms with Crippen LogP contribution in [0, 0.1) is 0 Å². The molecule has 1 amide bonds. The molecule has 146 valence electrons. The number of hydrogen-bond donors (Lipinski definition) is 1. The number of benzene rings is 1. The maximum atomic E-state index is 12.1. The Kier molecular flexibility index (Phi) is 6.19. The number of nitrogens with one attached hydrogen (secondary N) is 1. The van der Waals surface area contributed by atoms with E-state index in [1.807, 2.05) is 0 Å². The number of anilines is 1. The Labute approximate surface area is 157 Å². The molecule has 1 saturated carbocycles. The van der Waals surface area contributed by atoms with Crippen molar-refractivity contribution < 1.29 is 22.7 Å². The van der Waals surface area contributed by atoms with Crippen LogP contribution in [0.15, 0.2) is 29.4 Å². The third-order valence-corrected chi connectivity index (χ3v) is 5.02. The summed E-state index contributed by atoms with van der Waals surface area (Å²) in [5.41, 5.74) is 0.377. The van der Waals surface area contributed by atoms with Gasteiger partial charge >= 0.3 is 6.36 Å². The van der Waals surface area contributed by atoms with Gasteiger partial charge in [0.2, 0.25) is 11.1 Å². The fraction of sp³-hybridized carbons (Fsp3) is 0.500. The number of amides is 1. The second-order valence-electron chi connectivity index (χ2n) is 6.11. The molecule has 1 aliphatic rings. The number of carbonyl (C=O) groups excluding carboxylic acids is 1. The second-order valence-corrected chi connectivity index (χ2v) is 7.05. The van der Waals surface area contributed by atoms with E-state index in [1.54, 1.807) is 4.68 Å². The Morgan fingerprint density at radius 3 is 2.59 bits per heavy atom. The van der Waals surface area contributed by atoms with Crippen LogP contribution in [0.3, 0.4) is 0 Å². The molecular formula is C16H18F3N5O2S. The predicted octanol–water partition coefficient (Wildman–Crippen LogP) is 3.81. The number of alkyl halides is 3. The summed E-state index contributed by atoms with van der Waals surface area (Å²) in [6.07, 6.45) is 0.806. The highest BCUT2D eigenvalue weighted by Gasteiger charge is 2.31. The Morgan fingerprint density at radius 1 is 1.22 bits per heavy atom. The summed E-state index contributed by atoms with van der Waals surface area (Å²) in [4.78, 5) is 12.1. The van der Waals surface area contributed by atoms with Crippen LogP contribution in [0.4, 0.5) is 18.9 Å². The average Bonchev–Trinajstić information content (AvgIpc) is 3.10. The number of tetrazole rings is 1. The molecular weight excluding hydrogens is 383 g/mol. The summed E-state index contributed by atoms with van der Waals surface area (Å²) in [6, 6.07) is 5.23. The van der Waals surface area contributed by atoms with Gasteiger partial charge in [0.15, 0.2) is 0 Å². The Balaban J connectivity index is 1.51. The quantitative estimate of drug-likeness (QED) is 0.742. The van der Waals surface area contributed by atoms with Crippen molar-refractivity contribution in [3.8, 4) is 5.75 Å². The van der Waals surface area contributed by atoms with E-state index >= 15 is 0 Å². The summed E-state index contributed by atoms with van der Waals surface area (Å²) in [5, 5.41) is 14.9. The van der Waals surface area contributed by atoms with Gasteiger partial charge in [-0.3, -0.25) is 4.79 Å². The number of thioether (sulfide) groups is 1. The number of carbonyl (C=O) groups is 1. The lowest BCUT2D eigenvalue weighted by atomic mass is 9.96. The molecule has 0 saturated heterocycles. The molecule has 1 N–H and O–H groups in total. The largest absolute Gasteiger partial charge is 0.573 e. The number of hydrogen-bond acceptors (Lipinski definition) is 6. The minimum Gasteiger partial charge on any atom is -0.406 e. The molecule has 1 aliphatic carbocycles. The van der Waals surface area contributed by atoms with E-state index in [0.717, 1.165) is 37.8 Å². The molecule has 7 nitrogen and oxygen atoms in total. The van der Waals surface area contributed by atoms with Crippen molar-refractivity contribution in [2.75, 3.05) is 11.1 Å². The lowest BCUT2D eigenvalue weighted by Crippen LogP contribution is -2.18. The highest BCUT2D eigenvalue weighted by Crippen LogP contribution is 2.30. The molecule has 1 fully saturated rings. The number of aromatic nitrogens is 4. The van der Waals surface area contributed by atoms with Crippen molar-refractivity contribution in [2.45, 2.75) is 49.7 Å². The molecule has 0 aliphatic heterocycles. The van der Waals surface area contributed by atoms with Gasteiger partial charge in [-0.2, -0.15) is 0 Å². The first kappa shape index (κ1) is 19.5. The van der Waals surface area contributed by atoms with Gasteiger partial charge in [0.05, 0.1) is 11.8 Å². The second kappa shape index (κ2) is 8.59. The van der Waals surface area contributed by atoms with E-state index in [2.05, 4.69) is 25.6 Å². The van der Waals surface area contributed by atoms with Crippen molar-refractivity contribution >= 4 is 23.4 Å². The minimum absolute atomic E-state index is 0.0912. The van der Waals surface area contributed by atoms with Crippen LogP contribution < -0.4 is 10.1 Å². The maximum Gasteiger partial charge on any atom is 0.573 e. The molecule has 0 unspecified atom stereocenters. The fourth-order valence-corrected chi connectivity index (χ4v) is 3.65. The fourth-order valence-electron chi connectivity index (χ4n) is 2.90. The monoisotopic (exact) mass is 401 g/mol. The minimum atomic E-state index is -4.75. The van der Waals surface area contributed by atoms with E-state index in [4.69, 9.17) is 0 Å². The number of nitrogens with zero attached hydrogens (tertiary/aromatic N) is 4. The van der Waals surface area contributed by atoms with E-state index in [-0.39, 0.29) is 23.5 Å². The van der Waals surface area contributed by atoms with Crippen LogP contribution in [0.25, 0.3) is 0 Å². The lowest BCUT2D eigenvalue weighted by Gasteiger charge is -2.21. The Hall–Kier alpha value is -2.30. The van der Waals surface area contributed by atoms with Crippen LogP contribution in [0.2, 0.25) is 0 Å². The zero-order valence-electron chi connectivity index (χ0n) is 14.3. The number of halogens is 3. The molecule has 27 heavy (non-hydrogen) atoms. The first-order valence-electron chi connectivity index (χ1n) is 8.47. The van der Waals surface area contributed by atoms with Crippen LogP contribution in [0.5, 0.6) is 5.75 Å². The molecule has 11 heteroatoms. The highest BCUT2D eigenvalue weighted by atomic mass is 32.2. The predicted molar refractivity (Wildman–Crippen MR) is 92.4 cm³/mol. The zero-order chi connectivity index (χ0) is 19.3. The van der Waals surface area contributed by atoms with Gasteiger partial charge in [0.1, 0.15) is 5.75 Å². The van der Waals surface area contributed by atoms with Crippen LogP contribution in [0.1, 0.15) is 38.1 Å². The summed E-state index contributed by atoms with van der Waals surface area (Å²) in [7, 11) is 0. The Morgan fingerprint density at radius 2 is 1.93 bits per heavy atom. The maximum absolute atomic E-state index is 12.1. The van der Waals surface area contributed by atoms with E-state index in [1.165, 1.54) is 30.3 Å². The third kappa shape index (κ3) is 5.84. The summed E-state index contributed by atoms with van der Waals surface area (Å²) in [5.74, 6) is -0.558.